The van der Waals surface area contributed by atoms with Gasteiger partial charge in [-0.15, -0.1) is 0 Å². The number of imidazole rings is 1. The largest absolute Gasteiger partial charge is 0.451 e. The summed E-state index contributed by atoms with van der Waals surface area (Å²) in [6.45, 7) is 5.41. The summed E-state index contributed by atoms with van der Waals surface area (Å²) in [6.07, 6.45) is 5.82. The van der Waals surface area contributed by atoms with Gasteiger partial charge in [0, 0.05) is 49.9 Å². The fourth-order valence-corrected chi connectivity index (χ4v) is 3.99. The monoisotopic (exact) mass is 380 g/mol. The van der Waals surface area contributed by atoms with E-state index in [-0.39, 0.29) is 5.91 Å². The van der Waals surface area contributed by atoms with Crippen LogP contribution in [0.4, 0.5) is 0 Å². The number of para-hydroxylation sites is 1. The molecule has 0 unspecified atom stereocenters. The summed E-state index contributed by atoms with van der Waals surface area (Å²) in [7, 11) is 4.17. The Labute approximate surface area is 165 Å². The number of hydrogen-bond donors (Lipinski definition) is 0. The molecule has 3 heterocycles. The minimum atomic E-state index is -0.00926. The van der Waals surface area contributed by atoms with Crippen molar-refractivity contribution in [3.05, 3.63) is 53.8 Å². The summed E-state index contributed by atoms with van der Waals surface area (Å²) < 4.78 is 8.13. The van der Waals surface area contributed by atoms with E-state index in [1.54, 1.807) is 0 Å². The van der Waals surface area contributed by atoms with Crippen LogP contribution in [-0.2, 0) is 6.54 Å². The number of likely N-dealkylation sites (tertiary alicyclic amines) is 1. The average Bonchev–Trinajstić information content (AvgIpc) is 3.33. The number of rotatable bonds is 5. The highest BCUT2D eigenvalue weighted by molar-refractivity contribution is 5.96. The van der Waals surface area contributed by atoms with Crippen LogP contribution in [0.2, 0.25) is 0 Å². The molecule has 6 heteroatoms. The molecule has 1 fully saturated rings. The standard InChI is InChI=1S/C22H28N4O2/c1-16-5-4-6-18-15-19(28-20(16)18)22(27)26-10-7-17(8-11-26)21-23-9-12-25(21)14-13-24(2)3/h4-6,9,12,15,17H,7-8,10-11,13-14H2,1-3H3. The van der Waals surface area contributed by atoms with Crippen molar-refractivity contribution in [1.82, 2.24) is 19.4 Å². The van der Waals surface area contributed by atoms with Gasteiger partial charge in [0.1, 0.15) is 11.4 Å². The molecular weight excluding hydrogens is 352 g/mol. The van der Waals surface area contributed by atoms with Gasteiger partial charge in [0.2, 0.25) is 0 Å². The van der Waals surface area contributed by atoms with Crippen LogP contribution in [0.15, 0.2) is 41.1 Å². The van der Waals surface area contributed by atoms with E-state index in [0.29, 0.717) is 11.7 Å². The topological polar surface area (TPSA) is 54.5 Å². The van der Waals surface area contributed by atoms with Gasteiger partial charge in [-0.2, -0.15) is 0 Å². The molecule has 0 aliphatic carbocycles. The highest BCUT2D eigenvalue weighted by Gasteiger charge is 2.28. The maximum absolute atomic E-state index is 12.9. The molecule has 28 heavy (non-hydrogen) atoms. The lowest BCUT2D eigenvalue weighted by molar-refractivity contribution is 0.0680. The van der Waals surface area contributed by atoms with Gasteiger partial charge in [-0.3, -0.25) is 4.79 Å². The average molecular weight is 380 g/mol. The molecule has 1 aliphatic heterocycles. The van der Waals surface area contributed by atoms with Crippen molar-refractivity contribution >= 4 is 16.9 Å². The lowest BCUT2D eigenvalue weighted by atomic mass is 9.95. The van der Waals surface area contributed by atoms with Crippen LogP contribution in [0.25, 0.3) is 11.0 Å². The van der Waals surface area contributed by atoms with Gasteiger partial charge in [-0.05, 0) is 45.5 Å². The molecule has 0 radical (unpaired) electrons. The molecule has 1 aromatic carbocycles. The van der Waals surface area contributed by atoms with E-state index < -0.39 is 0 Å². The third-order valence-electron chi connectivity index (χ3n) is 5.63. The Bertz CT molecular complexity index is 964. The van der Waals surface area contributed by atoms with E-state index in [2.05, 4.69) is 34.7 Å². The second-order valence-corrected chi connectivity index (χ2v) is 7.95. The molecule has 0 atom stereocenters. The first-order chi connectivity index (χ1) is 13.5. The predicted octanol–water partition coefficient (Wildman–Crippen LogP) is 3.52. The van der Waals surface area contributed by atoms with Crippen molar-refractivity contribution in [3.8, 4) is 0 Å². The Kier molecular flexibility index (Phi) is 5.22. The summed E-state index contributed by atoms with van der Waals surface area (Å²) in [6, 6.07) is 7.85. The Morgan fingerprint density at radius 2 is 2.07 bits per heavy atom. The minimum Gasteiger partial charge on any atom is -0.451 e. The zero-order valence-corrected chi connectivity index (χ0v) is 16.9. The number of nitrogens with zero attached hydrogens (tertiary/aromatic N) is 4. The van der Waals surface area contributed by atoms with Gasteiger partial charge in [0.15, 0.2) is 5.76 Å². The van der Waals surface area contributed by atoms with E-state index >= 15 is 0 Å². The molecule has 0 saturated carbocycles. The number of amides is 1. The molecular formula is C22H28N4O2. The summed E-state index contributed by atoms with van der Waals surface area (Å²) >= 11 is 0. The molecule has 0 N–H and O–H groups in total. The fraction of sp³-hybridized carbons (Fsp3) is 0.455. The molecule has 3 aromatic rings. The molecule has 1 aliphatic rings. The molecule has 4 rings (SSSR count). The maximum atomic E-state index is 12.9. The first-order valence-electron chi connectivity index (χ1n) is 9.97. The van der Waals surface area contributed by atoms with Crippen molar-refractivity contribution in [2.24, 2.45) is 0 Å². The number of furan rings is 1. The van der Waals surface area contributed by atoms with Gasteiger partial charge in [0.25, 0.3) is 5.91 Å². The van der Waals surface area contributed by atoms with Gasteiger partial charge >= 0.3 is 0 Å². The van der Waals surface area contributed by atoms with E-state index in [0.717, 1.165) is 61.4 Å². The molecule has 6 nitrogen and oxygen atoms in total. The summed E-state index contributed by atoms with van der Waals surface area (Å²) in [4.78, 5) is 21.6. The van der Waals surface area contributed by atoms with Gasteiger partial charge in [-0.1, -0.05) is 18.2 Å². The van der Waals surface area contributed by atoms with Crippen molar-refractivity contribution < 1.29 is 9.21 Å². The molecule has 2 aromatic heterocycles. The number of likely N-dealkylation sites (N-methyl/N-ethyl adjacent to an activating group) is 1. The zero-order chi connectivity index (χ0) is 19.7. The zero-order valence-electron chi connectivity index (χ0n) is 16.9. The van der Waals surface area contributed by atoms with Gasteiger partial charge in [-0.25, -0.2) is 4.98 Å². The second-order valence-electron chi connectivity index (χ2n) is 7.95. The number of piperidine rings is 1. The van der Waals surface area contributed by atoms with E-state index in [4.69, 9.17) is 4.42 Å². The van der Waals surface area contributed by atoms with Crippen molar-refractivity contribution in [1.29, 1.82) is 0 Å². The number of hydrogen-bond acceptors (Lipinski definition) is 4. The first-order valence-corrected chi connectivity index (χ1v) is 9.97. The third kappa shape index (κ3) is 3.69. The Morgan fingerprint density at radius 3 is 2.79 bits per heavy atom. The van der Waals surface area contributed by atoms with Crippen LogP contribution in [-0.4, -0.2) is 59.0 Å². The van der Waals surface area contributed by atoms with Crippen LogP contribution < -0.4 is 0 Å². The number of aromatic nitrogens is 2. The first kappa shape index (κ1) is 18.7. The Morgan fingerprint density at radius 1 is 1.29 bits per heavy atom. The number of aryl methyl sites for hydroxylation is 1. The lowest BCUT2D eigenvalue weighted by Crippen LogP contribution is -2.38. The van der Waals surface area contributed by atoms with Crippen LogP contribution in [0.1, 0.15) is 40.7 Å². The molecule has 1 saturated heterocycles. The highest BCUT2D eigenvalue weighted by Crippen LogP contribution is 2.29. The Hall–Kier alpha value is -2.60. The van der Waals surface area contributed by atoms with Crippen LogP contribution in [0.3, 0.4) is 0 Å². The minimum absolute atomic E-state index is 0.00926. The maximum Gasteiger partial charge on any atom is 0.289 e. The highest BCUT2D eigenvalue weighted by atomic mass is 16.3. The summed E-state index contributed by atoms with van der Waals surface area (Å²) in [5, 5.41) is 0.987. The molecule has 0 spiro atoms. The molecule has 1 amide bonds. The lowest BCUT2D eigenvalue weighted by Gasteiger charge is -2.31. The number of carbonyl (C=O) groups is 1. The van der Waals surface area contributed by atoms with Crippen LogP contribution in [0.5, 0.6) is 0 Å². The van der Waals surface area contributed by atoms with Gasteiger partial charge in [0.05, 0.1) is 0 Å². The Balaban J connectivity index is 1.42. The van der Waals surface area contributed by atoms with Gasteiger partial charge < -0.3 is 18.8 Å². The summed E-state index contributed by atoms with van der Waals surface area (Å²) in [5.74, 6) is 1.98. The predicted molar refractivity (Wildman–Crippen MR) is 110 cm³/mol. The smallest absolute Gasteiger partial charge is 0.289 e. The van der Waals surface area contributed by atoms with E-state index in [9.17, 15) is 4.79 Å². The normalized spacial score (nSPS) is 15.6. The summed E-state index contributed by atoms with van der Waals surface area (Å²) in [5.41, 5.74) is 1.86. The quantitative estimate of drug-likeness (QED) is 0.680. The van der Waals surface area contributed by atoms with Crippen molar-refractivity contribution in [3.63, 3.8) is 0 Å². The number of carbonyl (C=O) groups excluding carboxylic acids is 1. The van der Waals surface area contributed by atoms with Crippen molar-refractivity contribution in [2.75, 3.05) is 33.7 Å². The number of benzene rings is 1. The third-order valence-corrected chi connectivity index (χ3v) is 5.63. The SMILES string of the molecule is Cc1cccc2cc(C(=O)N3CCC(c4nccn4CCN(C)C)CC3)oc12. The number of fused-ring (bicyclic) bond motifs is 1. The molecule has 0 bridgehead atoms. The molecule has 148 valence electrons. The fourth-order valence-electron chi connectivity index (χ4n) is 3.99. The van der Waals surface area contributed by atoms with Crippen LogP contribution in [0, 0.1) is 6.92 Å². The van der Waals surface area contributed by atoms with Crippen LogP contribution >= 0.6 is 0 Å². The van der Waals surface area contributed by atoms with Crippen molar-refractivity contribution in [2.45, 2.75) is 32.2 Å². The second kappa shape index (κ2) is 7.80. The van der Waals surface area contributed by atoms with E-state index in [1.165, 1.54) is 0 Å². The van der Waals surface area contributed by atoms with E-state index in [1.807, 2.05) is 42.3 Å².